The van der Waals surface area contributed by atoms with Crippen molar-refractivity contribution in [2.75, 3.05) is 5.73 Å². The van der Waals surface area contributed by atoms with Gasteiger partial charge in [-0.05, 0) is 30.3 Å². The average molecular weight is 347 g/mol. The van der Waals surface area contributed by atoms with Crippen LogP contribution in [0.15, 0.2) is 40.9 Å². The molecule has 0 heterocycles. The maximum atomic E-state index is 6.06. The van der Waals surface area contributed by atoms with E-state index in [1.54, 1.807) is 30.3 Å². The van der Waals surface area contributed by atoms with Crippen molar-refractivity contribution in [1.29, 1.82) is 0 Å². The molecule has 2 N–H and O–H groups in total. The molecule has 0 saturated carbocycles. The quantitative estimate of drug-likeness (QED) is 0.801. The highest BCUT2D eigenvalue weighted by Gasteiger charge is 2.08. The van der Waals surface area contributed by atoms with Crippen LogP contribution in [0.3, 0.4) is 0 Å². The molecule has 0 aliphatic rings. The van der Waals surface area contributed by atoms with E-state index in [0.717, 1.165) is 10.0 Å². The van der Waals surface area contributed by atoms with Gasteiger partial charge in [-0.1, -0.05) is 45.2 Å². The number of halogens is 3. The number of benzene rings is 2. The third-order valence-corrected chi connectivity index (χ3v) is 3.61. The monoisotopic (exact) mass is 345 g/mol. The summed E-state index contributed by atoms with van der Waals surface area (Å²) in [5.41, 5.74) is 7.14. The Balaban J connectivity index is 2.19. The second kappa shape index (κ2) is 5.83. The Labute approximate surface area is 124 Å². The van der Waals surface area contributed by atoms with Gasteiger partial charge in [0.15, 0.2) is 0 Å². The number of nitrogens with two attached hydrogens (primary N) is 1. The van der Waals surface area contributed by atoms with E-state index in [-0.39, 0.29) is 6.61 Å². The van der Waals surface area contributed by atoms with Gasteiger partial charge in [-0.25, -0.2) is 0 Å². The number of anilines is 1. The molecule has 2 aromatic carbocycles. The maximum Gasteiger partial charge on any atom is 0.143 e. The zero-order valence-electron chi connectivity index (χ0n) is 9.29. The van der Waals surface area contributed by atoms with E-state index in [4.69, 9.17) is 33.7 Å². The zero-order chi connectivity index (χ0) is 13.1. The van der Waals surface area contributed by atoms with Gasteiger partial charge in [-0.3, -0.25) is 0 Å². The Morgan fingerprint density at radius 1 is 1.11 bits per heavy atom. The van der Waals surface area contributed by atoms with E-state index in [9.17, 15) is 0 Å². The molecule has 0 radical (unpaired) electrons. The van der Waals surface area contributed by atoms with Crippen molar-refractivity contribution < 1.29 is 4.74 Å². The molecule has 2 aromatic rings. The molecule has 2 rings (SSSR count). The highest BCUT2D eigenvalue weighted by molar-refractivity contribution is 9.10. The second-order valence-electron chi connectivity index (χ2n) is 3.67. The fourth-order valence-corrected chi connectivity index (χ4v) is 2.30. The molecular formula is C13H10BrCl2NO. The second-order valence-corrected chi connectivity index (χ2v) is 5.40. The summed E-state index contributed by atoms with van der Waals surface area (Å²) >= 11 is 15.5. The topological polar surface area (TPSA) is 35.2 Å². The Bertz CT molecular complexity index is 555. The van der Waals surface area contributed by atoms with E-state index in [0.29, 0.717) is 21.5 Å². The summed E-state index contributed by atoms with van der Waals surface area (Å²) in [7, 11) is 0. The predicted molar refractivity (Wildman–Crippen MR) is 79.3 cm³/mol. The summed E-state index contributed by atoms with van der Waals surface area (Å²) in [6.07, 6.45) is 0. The summed E-state index contributed by atoms with van der Waals surface area (Å²) in [5, 5.41) is 1.16. The highest BCUT2D eigenvalue weighted by Crippen LogP contribution is 2.29. The van der Waals surface area contributed by atoms with Gasteiger partial charge in [-0.2, -0.15) is 0 Å². The molecule has 0 bridgehead atoms. The van der Waals surface area contributed by atoms with Crippen LogP contribution in [-0.4, -0.2) is 0 Å². The van der Waals surface area contributed by atoms with Crippen LogP contribution in [0.2, 0.25) is 10.0 Å². The Kier molecular flexibility index (Phi) is 4.38. The molecule has 0 aromatic heterocycles. The zero-order valence-corrected chi connectivity index (χ0v) is 12.4. The van der Waals surface area contributed by atoms with Crippen LogP contribution in [0.25, 0.3) is 0 Å². The van der Waals surface area contributed by atoms with Crippen molar-refractivity contribution in [2.45, 2.75) is 6.61 Å². The van der Waals surface area contributed by atoms with Gasteiger partial charge in [0.05, 0.1) is 5.69 Å². The maximum absolute atomic E-state index is 6.06. The molecule has 0 aliphatic heterocycles. The highest BCUT2D eigenvalue weighted by atomic mass is 79.9. The third-order valence-electron chi connectivity index (χ3n) is 2.41. The van der Waals surface area contributed by atoms with E-state index in [1.165, 1.54) is 0 Å². The first-order valence-electron chi connectivity index (χ1n) is 5.18. The number of hydrogen-bond donors (Lipinski definition) is 1. The lowest BCUT2D eigenvalue weighted by molar-refractivity contribution is 0.308. The average Bonchev–Trinajstić information content (AvgIpc) is 2.33. The number of hydrogen-bond acceptors (Lipinski definition) is 2. The lowest BCUT2D eigenvalue weighted by Crippen LogP contribution is -2.00. The minimum Gasteiger partial charge on any atom is -0.487 e. The SMILES string of the molecule is Nc1ccc(Br)cc1OCc1c(Cl)cccc1Cl. The molecule has 5 heteroatoms. The lowest BCUT2D eigenvalue weighted by Gasteiger charge is -2.11. The Morgan fingerprint density at radius 2 is 1.78 bits per heavy atom. The van der Waals surface area contributed by atoms with E-state index < -0.39 is 0 Å². The first kappa shape index (κ1) is 13.5. The van der Waals surface area contributed by atoms with Crippen molar-refractivity contribution in [3.05, 3.63) is 56.5 Å². The number of rotatable bonds is 3. The smallest absolute Gasteiger partial charge is 0.143 e. The summed E-state index contributed by atoms with van der Waals surface area (Å²) in [6, 6.07) is 10.8. The summed E-state index contributed by atoms with van der Waals surface area (Å²) < 4.78 is 6.54. The molecule has 2 nitrogen and oxygen atoms in total. The van der Waals surface area contributed by atoms with Crippen LogP contribution >= 0.6 is 39.1 Å². The first-order chi connectivity index (χ1) is 8.58. The van der Waals surface area contributed by atoms with Gasteiger partial charge in [0.2, 0.25) is 0 Å². The number of ether oxygens (including phenoxy) is 1. The standard InChI is InChI=1S/C13H10BrCl2NO/c14-8-4-5-12(17)13(6-8)18-7-9-10(15)2-1-3-11(9)16/h1-6H,7,17H2. The van der Waals surface area contributed by atoms with E-state index in [1.807, 2.05) is 6.07 Å². The molecule has 94 valence electrons. The molecule has 0 spiro atoms. The van der Waals surface area contributed by atoms with Crippen molar-refractivity contribution in [3.63, 3.8) is 0 Å². The normalized spacial score (nSPS) is 10.4. The van der Waals surface area contributed by atoms with Crippen molar-refractivity contribution in [3.8, 4) is 5.75 Å². The number of nitrogen functional groups attached to an aromatic ring is 1. The third kappa shape index (κ3) is 3.10. The fraction of sp³-hybridized carbons (Fsp3) is 0.0769. The molecule has 0 unspecified atom stereocenters. The minimum absolute atomic E-state index is 0.277. The van der Waals surface area contributed by atoms with Crippen LogP contribution in [0.1, 0.15) is 5.56 Å². The molecule has 0 atom stereocenters. The van der Waals surface area contributed by atoms with Gasteiger partial charge < -0.3 is 10.5 Å². The predicted octanol–water partition coefficient (Wildman–Crippen LogP) is 4.92. The summed E-state index contributed by atoms with van der Waals surface area (Å²) in [6.45, 7) is 0.277. The lowest BCUT2D eigenvalue weighted by atomic mass is 10.2. The summed E-state index contributed by atoms with van der Waals surface area (Å²) in [4.78, 5) is 0. The van der Waals surface area contributed by atoms with Crippen molar-refractivity contribution >= 4 is 44.8 Å². The molecule has 18 heavy (non-hydrogen) atoms. The van der Waals surface area contributed by atoms with Gasteiger partial charge >= 0.3 is 0 Å². The van der Waals surface area contributed by atoms with Gasteiger partial charge in [0, 0.05) is 20.1 Å². The molecule has 0 fully saturated rings. The minimum atomic E-state index is 0.277. The van der Waals surface area contributed by atoms with Crippen LogP contribution in [-0.2, 0) is 6.61 Å². The van der Waals surface area contributed by atoms with Gasteiger partial charge in [0.1, 0.15) is 12.4 Å². The summed E-state index contributed by atoms with van der Waals surface area (Å²) in [5.74, 6) is 0.598. The van der Waals surface area contributed by atoms with Crippen molar-refractivity contribution in [2.24, 2.45) is 0 Å². The molecule has 0 aliphatic carbocycles. The van der Waals surface area contributed by atoms with E-state index in [2.05, 4.69) is 15.9 Å². The van der Waals surface area contributed by atoms with Crippen LogP contribution in [0.5, 0.6) is 5.75 Å². The Hall–Kier alpha value is -0.900. The van der Waals surface area contributed by atoms with Crippen LogP contribution in [0, 0.1) is 0 Å². The largest absolute Gasteiger partial charge is 0.487 e. The van der Waals surface area contributed by atoms with Crippen LogP contribution < -0.4 is 10.5 Å². The molecular weight excluding hydrogens is 337 g/mol. The van der Waals surface area contributed by atoms with Gasteiger partial charge in [0.25, 0.3) is 0 Å². The molecule has 0 saturated heterocycles. The van der Waals surface area contributed by atoms with Gasteiger partial charge in [-0.15, -0.1) is 0 Å². The first-order valence-corrected chi connectivity index (χ1v) is 6.73. The fourth-order valence-electron chi connectivity index (χ4n) is 1.45. The van der Waals surface area contributed by atoms with Crippen molar-refractivity contribution in [1.82, 2.24) is 0 Å². The Morgan fingerprint density at radius 3 is 2.44 bits per heavy atom. The van der Waals surface area contributed by atoms with Crippen LogP contribution in [0.4, 0.5) is 5.69 Å². The van der Waals surface area contributed by atoms with E-state index >= 15 is 0 Å². The molecule has 0 amide bonds.